The Morgan fingerprint density at radius 1 is 1.26 bits per heavy atom. The Bertz CT molecular complexity index is 735. The number of hydrogen-bond acceptors (Lipinski definition) is 4. The molecule has 122 valence electrons. The summed E-state index contributed by atoms with van der Waals surface area (Å²) in [6.45, 7) is 1.83. The standard InChI is InChI=1S/C17H19N3O2.ClH/c1-20-11-13(10-19-20)12-2-3-16-14(8-12)15(21)9-17(22-16)4-6-18-7-5-17;/h2-3,8,10-11,18H,4-7,9H2,1H3;1H. The number of benzene rings is 1. The van der Waals surface area contributed by atoms with Crippen LogP contribution in [0.2, 0.25) is 0 Å². The number of ether oxygens (including phenoxy) is 1. The molecular formula is C17H20ClN3O2. The number of halogens is 1. The first-order valence-corrected chi connectivity index (χ1v) is 7.71. The third-order valence-electron chi connectivity index (χ3n) is 4.64. The van der Waals surface area contributed by atoms with Gasteiger partial charge in [0.2, 0.25) is 0 Å². The van der Waals surface area contributed by atoms with Gasteiger partial charge < -0.3 is 10.1 Å². The lowest BCUT2D eigenvalue weighted by atomic mass is 9.82. The molecule has 5 nitrogen and oxygen atoms in total. The summed E-state index contributed by atoms with van der Waals surface area (Å²) in [5.74, 6) is 0.916. The maximum atomic E-state index is 12.6. The highest BCUT2D eigenvalue weighted by Crippen LogP contribution is 2.39. The van der Waals surface area contributed by atoms with E-state index in [-0.39, 0.29) is 23.8 Å². The molecule has 3 heterocycles. The topological polar surface area (TPSA) is 56.2 Å². The maximum absolute atomic E-state index is 12.6. The van der Waals surface area contributed by atoms with Crippen LogP contribution in [-0.4, -0.2) is 34.3 Å². The number of aryl methyl sites for hydroxylation is 1. The molecule has 2 aliphatic rings. The largest absolute Gasteiger partial charge is 0.486 e. The number of rotatable bonds is 1. The predicted molar refractivity (Wildman–Crippen MR) is 90.3 cm³/mol. The number of carbonyl (C=O) groups is 1. The third-order valence-corrected chi connectivity index (χ3v) is 4.64. The molecular weight excluding hydrogens is 314 g/mol. The molecule has 4 rings (SSSR count). The van der Waals surface area contributed by atoms with Crippen molar-refractivity contribution in [2.24, 2.45) is 7.05 Å². The van der Waals surface area contributed by atoms with Crippen molar-refractivity contribution in [1.82, 2.24) is 15.1 Å². The molecule has 0 bridgehead atoms. The van der Waals surface area contributed by atoms with E-state index in [2.05, 4.69) is 10.4 Å². The van der Waals surface area contributed by atoms with Crippen molar-refractivity contribution in [1.29, 1.82) is 0 Å². The van der Waals surface area contributed by atoms with Gasteiger partial charge in [0, 0.05) is 31.6 Å². The van der Waals surface area contributed by atoms with Crippen LogP contribution in [0.5, 0.6) is 5.75 Å². The van der Waals surface area contributed by atoms with Crippen LogP contribution in [0.3, 0.4) is 0 Å². The fourth-order valence-corrected chi connectivity index (χ4v) is 3.41. The molecule has 0 atom stereocenters. The summed E-state index contributed by atoms with van der Waals surface area (Å²) in [5, 5.41) is 7.51. The molecule has 2 aromatic rings. The second-order valence-electron chi connectivity index (χ2n) is 6.25. The van der Waals surface area contributed by atoms with Gasteiger partial charge in [-0.25, -0.2) is 0 Å². The summed E-state index contributed by atoms with van der Waals surface area (Å²) in [4.78, 5) is 12.6. The van der Waals surface area contributed by atoms with Gasteiger partial charge in [-0.15, -0.1) is 12.4 Å². The van der Waals surface area contributed by atoms with Crippen molar-refractivity contribution >= 4 is 18.2 Å². The van der Waals surface area contributed by atoms with Crippen LogP contribution in [0.15, 0.2) is 30.6 Å². The monoisotopic (exact) mass is 333 g/mol. The van der Waals surface area contributed by atoms with E-state index in [9.17, 15) is 4.79 Å². The fraction of sp³-hybridized carbons (Fsp3) is 0.412. The van der Waals surface area contributed by atoms with E-state index in [1.165, 1.54) is 0 Å². The van der Waals surface area contributed by atoms with E-state index in [4.69, 9.17) is 4.74 Å². The molecule has 1 spiro atoms. The first kappa shape index (κ1) is 16.0. The smallest absolute Gasteiger partial charge is 0.170 e. The van der Waals surface area contributed by atoms with E-state index in [1.807, 2.05) is 37.6 Å². The fourth-order valence-electron chi connectivity index (χ4n) is 3.41. The second-order valence-corrected chi connectivity index (χ2v) is 6.25. The summed E-state index contributed by atoms with van der Waals surface area (Å²) in [6, 6.07) is 5.87. The van der Waals surface area contributed by atoms with Gasteiger partial charge in [0.25, 0.3) is 0 Å². The molecule has 1 N–H and O–H groups in total. The molecule has 6 heteroatoms. The number of Topliss-reactive ketones (excluding diaryl/α,β-unsaturated/α-hetero) is 1. The highest BCUT2D eigenvalue weighted by atomic mass is 35.5. The van der Waals surface area contributed by atoms with Gasteiger partial charge in [-0.3, -0.25) is 9.48 Å². The number of hydrogen-bond donors (Lipinski definition) is 1. The second kappa shape index (κ2) is 5.98. The highest BCUT2D eigenvalue weighted by Gasteiger charge is 2.41. The quantitative estimate of drug-likeness (QED) is 0.871. The number of nitrogens with one attached hydrogen (secondary N) is 1. The van der Waals surface area contributed by atoms with Gasteiger partial charge in [-0.2, -0.15) is 5.10 Å². The summed E-state index contributed by atoms with van der Waals surface area (Å²) in [7, 11) is 1.89. The van der Waals surface area contributed by atoms with Crippen molar-refractivity contribution in [3.8, 4) is 16.9 Å². The van der Waals surface area contributed by atoms with Crippen LogP contribution < -0.4 is 10.1 Å². The first-order valence-electron chi connectivity index (χ1n) is 7.71. The summed E-state index contributed by atoms with van der Waals surface area (Å²) in [5.41, 5.74) is 2.42. The molecule has 1 aromatic carbocycles. The number of ketones is 1. The molecule has 1 fully saturated rings. The molecule has 0 radical (unpaired) electrons. The van der Waals surface area contributed by atoms with Crippen molar-refractivity contribution in [2.75, 3.05) is 13.1 Å². The minimum absolute atomic E-state index is 0. The molecule has 0 aliphatic carbocycles. The van der Waals surface area contributed by atoms with Crippen LogP contribution in [0.4, 0.5) is 0 Å². The number of piperidine rings is 1. The summed E-state index contributed by atoms with van der Waals surface area (Å²) in [6.07, 6.45) is 6.03. The minimum Gasteiger partial charge on any atom is -0.486 e. The average molecular weight is 334 g/mol. The molecule has 23 heavy (non-hydrogen) atoms. The Morgan fingerprint density at radius 2 is 2.04 bits per heavy atom. The van der Waals surface area contributed by atoms with E-state index < -0.39 is 0 Å². The summed E-state index contributed by atoms with van der Waals surface area (Å²) < 4.78 is 8.01. The molecule has 1 aromatic heterocycles. The average Bonchev–Trinajstić information content (AvgIpc) is 2.94. The van der Waals surface area contributed by atoms with E-state index in [0.29, 0.717) is 12.0 Å². The van der Waals surface area contributed by atoms with E-state index in [0.717, 1.165) is 42.8 Å². The van der Waals surface area contributed by atoms with Gasteiger partial charge >= 0.3 is 0 Å². The van der Waals surface area contributed by atoms with Gasteiger partial charge in [-0.1, -0.05) is 6.07 Å². The lowest BCUT2D eigenvalue weighted by Crippen LogP contribution is -2.49. The Hall–Kier alpha value is -1.85. The number of fused-ring (bicyclic) bond motifs is 1. The SMILES string of the molecule is Cl.Cn1cc(-c2ccc3c(c2)C(=O)CC2(CCNCC2)O3)cn1. The van der Waals surface area contributed by atoms with E-state index in [1.54, 1.807) is 4.68 Å². The van der Waals surface area contributed by atoms with Crippen LogP contribution in [0.25, 0.3) is 11.1 Å². The number of nitrogens with zero attached hydrogens (tertiary/aromatic N) is 2. The lowest BCUT2D eigenvalue weighted by molar-refractivity contribution is 0.0188. The van der Waals surface area contributed by atoms with Gasteiger partial charge in [0.15, 0.2) is 5.78 Å². The maximum Gasteiger partial charge on any atom is 0.170 e. The Balaban J connectivity index is 0.00000156. The van der Waals surface area contributed by atoms with Gasteiger partial charge in [-0.05, 0) is 30.8 Å². The van der Waals surface area contributed by atoms with Crippen LogP contribution >= 0.6 is 12.4 Å². The molecule has 0 unspecified atom stereocenters. The van der Waals surface area contributed by atoms with Crippen molar-refractivity contribution in [2.45, 2.75) is 24.9 Å². The van der Waals surface area contributed by atoms with Gasteiger partial charge in [0.1, 0.15) is 11.4 Å². The molecule has 0 amide bonds. The zero-order chi connectivity index (χ0) is 15.2. The van der Waals surface area contributed by atoms with Crippen LogP contribution in [0, 0.1) is 0 Å². The molecule has 2 aliphatic heterocycles. The predicted octanol–water partition coefficient (Wildman–Crippen LogP) is 2.60. The lowest BCUT2D eigenvalue weighted by Gasteiger charge is -2.40. The number of aromatic nitrogens is 2. The van der Waals surface area contributed by atoms with Crippen molar-refractivity contribution in [3.05, 3.63) is 36.2 Å². The third kappa shape index (κ3) is 2.86. The normalized spacial score (nSPS) is 18.9. The Labute approximate surface area is 141 Å². The highest BCUT2D eigenvalue weighted by molar-refractivity contribution is 6.01. The van der Waals surface area contributed by atoms with Crippen LogP contribution in [-0.2, 0) is 7.05 Å². The zero-order valence-electron chi connectivity index (χ0n) is 13.0. The van der Waals surface area contributed by atoms with Crippen molar-refractivity contribution in [3.63, 3.8) is 0 Å². The van der Waals surface area contributed by atoms with Crippen LogP contribution in [0.1, 0.15) is 29.6 Å². The van der Waals surface area contributed by atoms with E-state index >= 15 is 0 Å². The Morgan fingerprint density at radius 3 is 2.74 bits per heavy atom. The van der Waals surface area contributed by atoms with Crippen molar-refractivity contribution < 1.29 is 9.53 Å². The minimum atomic E-state index is -0.300. The first-order chi connectivity index (χ1) is 10.7. The molecule has 1 saturated heterocycles. The summed E-state index contributed by atoms with van der Waals surface area (Å²) >= 11 is 0. The molecule has 0 saturated carbocycles. The zero-order valence-corrected chi connectivity index (χ0v) is 13.9. The number of carbonyl (C=O) groups excluding carboxylic acids is 1. The van der Waals surface area contributed by atoms with Gasteiger partial charge in [0.05, 0.1) is 18.2 Å². The Kier molecular flexibility index (Phi) is 4.17.